The van der Waals surface area contributed by atoms with E-state index in [1.54, 1.807) is 0 Å². The molecule has 1 atom stereocenters. The largest absolute Gasteiger partial charge is 1.00 e. The Bertz CT molecular complexity index is 412. The molecule has 1 aliphatic heterocycles. The van der Waals surface area contributed by atoms with E-state index in [-0.39, 0.29) is 12.4 Å². The van der Waals surface area contributed by atoms with Crippen molar-refractivity contribution in [1.82, 2.24) is 4.90 Å². The zero-order valence-electron chi connectivity index (χ0n) is 12.1. The second kappa shape index (κ2) is 8.35. The van der Waals surface area contributed by atoms with Gasteiger partial charge in [-0.3, -0.25) is 0 Å². The number of nitrogens with zero attached hydrogens (tertiary/aromatic N) is 1. The summed E-state index contributed by atoms with van der Waals surface area (Å²) >= 11 is 0. The summed E-state index contributed by atoms with van der Waals surface area (Å²) in [4.78, 5) is 2.07. The third-order valence-electron chi connectivity index (χ3n) is 3.26. The lowest BCUT2D eigenvalue weighted by atomic mass is 10.1. The molecule has 114 valence electrons. The lowest BCUT2D eigenvalue weighted by Gasteiger charge is -2.19. The number of aliphatic hydroxyl groups excluding tert-OH is 1. The Balaban J connectivity index is 0.00000200. The molecule has 2 rings (SSSR count). The van der Waals surface area contributed by atoms with Gasteiger partial charge in [-0.05, 0) is 51.1 Å². The number of aliphatic hydroxyl groups is 1. The monoisotopic (exact) mass is 300 g/mol. The van der Waals surface area contributed by atoms with Gasteiger partial charge in [0.15, 0.2) is 11.5 Å². The first-order valence-electron chi connectivity index (χ1n) is 6.89. The highest BCUT2D eigenvalue weighted by Crippen LogP contribution is 2.32. The summed E-state index contributed by atoms with van der Waals surface area (Å²) in [6.07, 6.45) is 2.29. The smallest absolute Gasteiger partial charge is 0.161 e. The van der Waals surface area contributed by atoms with Crippen LogP contribution in [-0.4, -0.2) is 43.9 Å². The highest BCUT2D eigenvalue weighted by Gasteiger charge is 2.14. The fourth-order valence-electron chi connectivity index (χ4n) is 2.08. The van der Waals surface area contributed by atoms with Crippen LogP contribution in [0.2, 0.25) is 0 Å². The average molecular weight is 301 g/mol. The van der Waals surface area contributed by atoms with Crippen molar-refractivity contribution in [2.45, 2.75) is 25.4 Å². The van der Waals surface area contributed by atoms with Crippen LogP contribution in [0.15, 0.2) is 18.2 Å². The maximum Gasteiger partial charge on any atom is 0.161 e. The van der Waals surface area contributed by atoms with Crippen molar-refractivity contribution < 1.29 is 27.0 Å². The van der Waals surface area contributed by atoms with Crippen LogP contribution in [0.3, 0.4) is 0 Å². The standard InChI is InChI=1S/C15H23NO3.ClH/c1-16(2)8-7-13(17)12-5-6-14-15(11-12)19-10-4-3-9-18-14;/h5-6,11,13,17H,3-4,7-10H2,1-2H3;1H/p-1. The van der Waals surface area contributed by atoms with Gasteiger partial charge in [0.25, 0.3) is 0 Å². The van der Waals surface area contributed by atoms with Crippen molar-refractivity contribution in [3.8, 4) is 11.5 Å². The van der Waals surface area contributed by atoms with Gasteiger partial charge in [-0.2, -0.15) is 0 Å². The number of rotatable bonds is 4. The fourth-order valence-corrected chi connectivity index (χ4v) is 2.08. The van der Waals surface area contributed by atoms with Gasteiger partial charge in [-0.1, -0.05) is 6.07 Å². The summed E-state index contributed by atoms with van der Waals surface area (Å²) < 4.78 is 11.3. The van der Waals surface area contributed by atoms with Gasteiger partial charge in [0, 0.05) is 6.54 Å². The Morgan fingerprint density at radius 1 is 1.15 bits per heavy atom. The zero-order chi connectivity index (χ0) is 13.7. The van der Waals surface area contributed by atoms with Crippen LogP contribution in [0, 0.1) is 0 Å². The van der Waals surface area contributed by atoms with E-state index in [0.29, 0.717) is 13.0 Å². The normalized spacial score (nSPS) is 16.0. The molecule has 0 aromatic heterocycles. The van der Waals surface area contributed by atoms with Crippen LogP contribution in [0.5, 0.6) is 11.5 Å². The van der Waals surface area contributed by atoms with E-state index >= 15 is 0 Å². The van der Waals surface area contributed by atoms with Crippen molar-refractivity contribution in [1.29, 1.82) is 0 Å². The Kier molecular flexibility index (Phi) is 7.13. The molecule has 5 heteroatoms. The Morgan fingerprint density at radius 2 is 1.80 bits per heavy atom. The summed E-state index contributed by atoms with van der Waals surface area (Å²) in [5, 5.41) is 10.2. The number of hydrogen-bond donors (Lipinski definition) is 1. The minimum absolute atomic E-state index is 0. The third-order valence-corrected chi connectivity index (χ3v) is 3.26. The van der Waals surface area contributed by atoms with Crippen LogP contribution in [0.1, 0.15) is 30.9 Å². The highest BCUT2D eigenvalue weighted by atomic mass is 35.5. The molecule has 0 saturated heterocycles. The molecule has 0 spiro atoms. The third kappa shape index (κ3) is 4.85. The molecular weight excluding hydrogens is 278 g/mol. The minimum Gasteiger partial charge on any atom is -1.00 e. The van der Waals surface area contributed by atoms with Gasteiger partial charge in [-0.15, -0.1) is 0 Å². The Hall–Kier alpha value is -0.970. The van der Waals surface area contributed by atoms with E-state index in [2.05, 4.69) is 4.90 Å². The van der Waals surface area contributed by atoms with Crippen LogP contribution in [0.25, 0.3) is 0 Å². The van der Waals surface area contributed by atoms with E-state index in [0.717, 1.165) is 43.1 Å². The van der Waals surface area contributed by atoms with E-state index in [1.807, 2.05) is 32.3 Å². The fraction of sp³-hybridized carbons (Fsp3) is 0.600. The molecule has 1 N–H and O–H groups in total. The zero-order valence-corrected chi connectivity index (χ0v) is 12.9. The second-order valence-electron chi connectivity index (χ2n) is 5.22. The van der Waals surface area contributed by atoms with Crippen molar-refractivity contribution in [2.24, 2.45) is 0 Å². The lowest BCUT2D eigenvalue weighted by Crippen LogP contribution is -3.00. The van der Waals surface area contributed by atoms with Gasteiger partial charge >= 0.3 is 0 Å². The quantitative estimate of drug-likeness (QED) is 0.793. The Labute approximate surface area is 127 Å². The number of fused-ring (bicyclic) bond motifs is 1. The first-order valence-corrected chi connectivity index (χ1v) is 6.89. The number of hydrogen-bond acceptors (Lipinski definition) is 4. The van der Waals surface area contributed by atoms with Gasteiger partial charge in [0.1, 0.15) is 0 Å². The second-order valence-corrected chi connectivity index (χ2v) is 5.22. The SMILES string of the molecule is CN(C)CCC(O)c1ccc2c(c1)OCCCCO2.[Cl-]. The average Bonchev–Trinajstić information content (AvgIpc) is 2.36. The number of ether oxygens (including phenoxy) is 2. The van der Waals surface area contributed by atoms with Crippen molar-refractivity contribution in [2.75, 3.05) is 33.9 Å². The van der Waals surface area contributed by atoms with E-state index in [1.165, 1.54) is 0 Å². The molecule has 1 aromatic rings. The van der Waals surface area contributed by atoms with Crippen molar-refractivity contribution in [3.63, 3.8) is 0 Å². The highest BCUT2D eigenvalue weighted by molar-refractivity contribution is 5.43. The van der Waals surface area contributed by atoms with Crippen LogP contribution >= 0.6 is 0 Å². The summed E-state index contributed by atoms with van der Waals surface area (Å²) in [6, 6.07) is 5.72. The molecule has 0 amide bonds. The molecule has 4 nitrogen and oxygen atoms in total. The summed E-state index contributed by atoms with van der Waals surface area (Å²) in [5.41, 5.74) is 0.893. The van der Waals surface area contributed by atoms with E-state index in [9.17, 15) is 5.11 Å². The Morgan fingerprint density at radius 3 is 2.45 bits per heavy atom. The van der Waals surface area contributed by atoms with Gasteiger partial charge in [-0.25, -0.2) is 0 Å². The molecule has 0 aliphatic carbocycles. The number of benzene rings is 1. The summed E-state index contributed by atoms with van der Waals surface area (Å²) in [6.45, 7) is 2.31. The maximum atomic E-state index is 10.2. The molecule has 1 aliphatic rings. The van der Waals surface area contributed by atoms with Crippen LogP contribution < -0.4 is 21.9 Å². The van der Waals surface area contributed by atoms with Crippen LogP contribution in [0.4, 0.5) is 0 Å². The number of halogens is 1. The topological polar surface area (TPSA) is 41.9 Å². The van der Waals surface area contributed by atoms with Crippen LogP contribution in [-0.2, 0) is 0 Å². The van der Waals surface area contributed by atoms with Gasteiger partial charge in [0.2, 0.25) is 0 Å². The molecule has 1 unspecified atom stereocenters. The molecule has 0 fully saturated rings. The van der Waals surface area contributed by atoms with Crippen molar-refractivity contribution >= 4 is 0 Å². The van der Waals surface area contributed by atoms with E-state index < -0.39 is 6.10 Å². The lowest BCUT2D eigenvalue weighted by molar-refractivity contribution is -0.00000653. The molecule has 0 saturated carbocycles. The van der Waals surface area contributed by atoms with Gasteiger partial charge in [0.05, 0.1) is 19.3 Å². The predicted molar refractivity (Wildman–Crippen MR) is 74.8 cm³/mol. The summed E-state index contributed by atoms with van der Waals surface area (Å²) in [5.74, 6) is 1.53. The molecule has 0 bridgehead atoms. The predicted octanol–water partition coefficient (Wildman–Crippen LogP) is -0.773. The van der Waals surface area contributed by atoms with E-state index in [4.69, 9.17) is 9.47 Å². The van der Waals surface area contributed by atoms with Gasteiger partial charge < -0.3 is 31.9 Å². The first kappa shape index (κ1) is 17.1. The molecule has 0 radical (unpaired) electrons. The molecule has 1 aromatic carbocycles. The minimum atomic E-state index is -0.457. The molecule has 1 heterocycles. The molecular formula is C15H23ClNO3-. The maximum absolute atomic E-state index is 10.2. The van der Waals surface area contributed by atoms with Crippen molar-refractivity contribution in [3.05, 3.63) is 23.8 Å². The summed E-state index contributed by atoms with van der Waals surface area (Å²) in [7, 11) is 4.01. The molecule has 20 heavy (non-hydrogen) atoms. The first-order chi connectivity index (χ1) is 9.16.